The van der Waals surface area contributed by atoms with Gasteiger partial charge in [0.2, 0.25) is 0 Å². The highest BCUT2D eigenvalue weighted by atomic mass is 16.3. The minimum absolute atomic E-state index is 0.0116. The standard InChI is InChI=1S/C9H17NO/c1-10-7-6-8(11)9(7)4-2-3-5-9/h7-8,10-11H,2-6H2,1H3. The quantitative estimate of drug-likeness (QED) is 0.589. The molecule has 11 heavy (non-hydrogen) atoms. The summed E-state index contributed by atoms with van der Waals surface area (Å²) in [7, 11) is 2.01. The first-order chi connectivity index (χ1) is 5.29. The Bertz CT molecular complexity index is 152. The maximum absolute atomic E-state index is 9.66. The molecule has 0 aromatic carbocycles. The second kappa shape index (κ2) is 2.46. The third-order valence-corrected chi connectivity index (χ3v) is 3.70. The van der Waals surface area contributed by atoms with Crippen molar-refractivity contribution < 1.29 is 5.11 Å². The van der Waals surface area contributed by atoms with Gasteiger partial charge in [0, 0.05) is 11.5 Å². The van der Waals surface area contributed by atoms with Gasteiger partial charge in [0.25, 0.3) is 0 Å². The summed E-state index contributed by atoms with van der Waals surface area (Å²) in [5, 5.41) is 13.0. The normalized spacial score (nSPS) is 40.9. The van der Waals surface area contributed by atoms with Gasteiger partial charge in [-0.2, -0.15) is 0 Å². The second-order valence-electron chi connectivity index (χ2n) is 4.03. The zero-order chi connectivity index (χ0) is 7.90. The molecular formula is C9H17NO. The molecule has 2 aliphatic rings. The van der Waals surface area contributed by atoms with Crippen molar-refractivity contribution in [1.82, 2.24) is 5.32 Å². The van der Waals surface area contributed by atoms with E-state index in [4.69, 9.17) is 0 Å². The molecule has 2 N–H and O–H groups in total. The first-order valence-electron chi connectivity index (χ1n) is 4.65. The highest BCUT2D eigenvalue weighted by molar-refractivity contribution is 5.08. The molecule has 0 amide bonds. The van der Waals surface area contributed by atoms with E-state index in [1.54, 1.807) is 0 Å². The lowest BCUT2D eigenvalue weighted by Crippen LogP contribution is -2.60. The molecule has 2 aliphatic carbocycles. The molecule has 0 saturated heterocycles. The van der Waals surface area contributed by atoms with E-state index >= 15 is 0 Å². The predicted octanol–water partition coefficient (Wildman–Crippen LogP) is 0.899. The third kappa shape index (κ3) is 0.859. The molecule has 0 aromatic heterocycles. The van der Waals surface area contributed by atoms with Crippen LogP contribution >= 0.6 is 0 Å². The Hall–Kier alpha value is -0.0800. The van der Waals surface area contributed by atoms with Crippen LogP contribution in [0.25, 0.3) is 0 Å². The number of nitrogens with one attached hydrogen (secondary N) is 1. The van der Waals surface area contributed by atoms with Crippen LogP contribution in [0.5, 0.6) is 0 Å². The van der Waals surface area contributed by atoms with Gasteiger partial charge in [-0.15, -0.1) is 0 Å². The van der Waals surface area contributed by atoms with Gasteiger partial charge in [-0.3, -0.25) is 0 Å². The summed E-state index contributed by atoms with van der Waals surface area (Å²) < 4.78 is 0. The number of hydrogen-bond donors (Lipinski definition) is 2. The van der Waals surface area contributed by atoms with Gasteiger partial charge in [0.05, 0.1) is 6.10 Å². The highest BCUT2D eigenvalue weighted by Crippen LogP contribution is 2.53. The van der Waals surface area contributed by atoms with Crippen LogP contribution < -0.4 is 5.32 Å². The van der Waals surface area contributed by atoms with Crippen LogP contribution in [0.4, 0.5) is 0 Å². The smallest absolute Gasteiger partial charge is 0.0626 e. The molecule has 2 unspecified atom stereocenters. The lowest BCUT2D eigenvalue weighted by atomic mass is 9.61. The average molecular weight is 155 g/mol. The topological polar surface area (TPSA) is 32.3 Å². The monoisotopic (exact) mass is 155 g/mol. The van der Waals surface area contributed by atoms with E-state index < -0.39 is 0 Å². The summed E-state index contributed by atoms with van der Waals surface area (Å²) in [6.45, 7) is 0. The summed E-state index contributed by atoms with van der Waals surface area (Å²) >= 11 is 0. The van der Waals surface area contributed by atoms with Gasteiger partial charge >= 0.3 is 0 Å². The third-order valence-electron chi connectivity index (χ3n) is 3.70. The fraction of sp³-hybridized carbons (Fsp3) is 1.00. The molecule has 2 atom stereocenters. The van der Waals surface area contributed by atoms with Gasteiger partial charge in [-0.1, -0.05) is 12.8 Å². The summed E-state index contributed by atoms with van der Waals surface area (Å²) in [5.41, 5.74) is 0.286. The second-order valence-corrected chi connectivity index (χ2v) is 4.03. The number of hydrogen-bond acceptors (Lipinski definition) is 2. The van der Waals surface area contributed by atoms with Crippen molar-refractivity contribution in [3.8, 4) is 0 Å². The van der Waals surface area contributed by atoms with Crippen molar-refractivity contribution in [2.24, 2.45) is 5.41 Å². The summed E-state index contributed by atoms with van der Waals surface area (Å²) in [6, 6.07) is 0.597. The first-order valence-corrected chi connectivity index (χ1v) is 4.65. The molecular weight excluding hydrogens is 138 g/mol. The van der Waals surface area contributed by atoms with Crippen LogP contribution in [0.1, 0.15) is 32.1 Å². The molecule has 64 valence electrons. The molecule has 2 heteroatoms. The Morgan fingerprint density at radius 1 is 1.36 bits per heavy atom. The molecule has 1 spiro atoms. The van der Waals surface area contributed by atoms with E-state index in [9.17, 15) is 5.11 Å². The maximum atomic E-state index is 9.66. The first kappa shape index (κ1) is 7.56. The molecule has 0 aromatic rings. The van der Waals surface area contributed by atoms with Crippen LogP contribution in [-0.4, -0.2) is 24.3 Å². The molecule has 0 aliphatic heterocycles. The van der Waals surface area contributed by atoms with E-state index in [1.165, 1.54) is 25.7 Å². The summed E-state index contributed by atoms with van der Waals surface area (Å²) in [5.74, 6) is 0. The summed E-state index contributed by atoms with van der Waals surface area (Å²) in [4.78, 5) is 0. The van der Waals surface area contributed by atoms with Gasteiger partial charge in [-0.25, -0.2) is 0 Å². The number of aliphatic hydroxyl groups is 1. The van der Waals surface area contributed by atoms with Crippen molar-refractivity contribution in [2.75, 3.05) is 7.05 Å². The molecule has 2 nitrogen and oxygen atoms in total. The van der Waals surface area contributed by atoms with Crippen LogP contribution in [-0.2, 0) is 0 Å². The zero-order valence-electron chi connectivity index (χ0n) is 7.14. The Morgan fingerprint density at radius 3 is 2.45 bits per heavy atom. The van der Waals surface area contributed by atoms with Crippen molar-refractivity contribution in [1.29, 1.82) is 0 Å². The lowest BCUT2D eigenvalue weighted by Gasteiger charge is -2.51. The van der Waals surface area contributed by atoms with Crippen molar-refractivity contribution in [2.45, 2.75) is 44.2 Å². The maximum Gasteiger partial charge on any atom is 0.0626 e. The molecule has 0 bridgehead atoms. The van der Waals surface area contributed by atoms with Gasteiger partial charge < -0.3 is 10.4 Å². The molecule has 2 rings (SSSR count). The Balaban J connectivity index is 2.08. The lowest BCUT2D eigenvalue weighted by molar-refractivity contribution is -0.0903. The largest absolute Gasteiger partial charge is 0.392 e. The zero-order valence-corrected chi connectivity index (χ0v) is 7.14. The molecule has 2 saturated carbocycles. The van der Waals surface area contributed by atoms with E-state index in [0.717, 1.165) is 6.42 Å². The number of aliphatic hydroxyl groups excluding tert-OH is 1. The van der Waals surface area contributed by atoms with E-state index in [2.05, 4.69) is 5.32 Å². The van der Waals surface area contributed by atoms with E-state index in [-0.39, 0.29) is 11.5 Å². The Kier molecular flexibility index (Phi) is 1.69. The minimum Gasteiger partial charge on any atom is -0.392 e. The van der Waals surface area contributed by atoms with Crippen molar-refractivity contribution >= 4 is 0 Å². The van der Waals surface area contributed by atoms with E-state index in [0.29, 0.717) is 6.04 Å². The average Bonchev–Trinajstić information content (AvgIpc) is 2.50. The van der Waals surface area contributed by atoms with Crippen molar-refractivity contribution in [3.63, 3.8) is 0 Å². The fourth-order valence-corrected chi connectivity index (χ4v) is 2.88. The van der Waals surface area contributed by atoms with Crippen LogP contribution in [0.15, 0.2) is 0 Å². The highest BCUT2D eigenvalue weighted by Gasteiger charge is 2.54. The molecule has 0 radical (unpaired) electrons. The predicted molar refractivity (Wildman–Crippen MR) is 44.4 cm³/mol. The van der Waals surface area contributed by atoms with Crippen LogP contribution in [0, 0.1) is 5.41 Å². The SMILES string of the molecule is CNC1CC(O)C12CCCC2. The Labute approximate surface area is 68.0 Å². The van der Waals surface area contributed by atoms with Gasteiger partial charge in [0.15, 0.2) is 0 Å². The fourth-order valence-electron chi connectivity index (χ4n) is 2.88. The minimum atomic E-state index is -0.0116. The Morgan fingerprint density at radius 2 is 2.00 bits per heavy atom. The van der Waals surface area contributed by atoms with Crippen LogP contribution in [0.2, 0.25) is 0 Å². The molecule has 0 heterocycles. The van der Waals surface area contributed by atoms with Gasteiger partial charge in [0.1, 0.15) is 0 Å². The van der Waals surface area contributed by atoms with E-state index in [1.807, 2.05) is 7.05 Å². The number of rotatable bonds is 1. The van der Waals surface area contributed by atoms with Crippen molar-refractivity contribution in [3.05, 3.63) is 0 Å². The van der Waals surface area contributed by atoms with Crippen LogP contribution in [0.3, 0.4) is 0 Å². The van der Waals surface area contributed by atoms with Gasteiger partial charge in [-0.05, 0) is 26.3 Å². The molecule has 2 fully saturated rings. The summed E-state index contributed by atoms with van der Waals surface area (Å²) in [6.07, 6.45) is 6.06.